The summed E-state index contributed by atoms with van der Waals surface area (Å²) in [5, 5.41) is 8.84. The topological polar surface area (TPSA) is 40.5 Å². The van der Waals surface area contributed by atoms with Crippen molar-refractivity contribution in [2.45, 2.75) is 40.7 Å². The van der Waals surface area contributed by atoms with Crippen LogP contribution in [0.25, 0.3) is 0 Å². The Balaban J connectivity index is 4.26. The fourth-order valence-electron chi connectivity index (χ4n) is 1.29. The van der Waals surface area contributed by atoms with Crippen molar-refractivity contribution < 1.29 is 9.90 Å². The van der Waals surface area contributed by atoms with Gasteiger partial charge in [0, 0.05) is 6.54 Å². The third kappa shape index (κ3) is 4.88. The van der Waals surface area contributed by atoms with Gasteiger partial charge in [0.25, 0.3) is 0 Å². The minimum Gasteiger partial charge on any atom is -0.480 e. The van der Waals surface area contributed by atoms with Gasteiger partial charge in [-0.2, -0.15) is 0 Å². The lowest BCUT2D eigenvalue weighted by atomic mass is 9.95. The van der Waals surface area contributed by atoms with E-state index in [2.05, 4.69) is 20.8 Å². The van der Waals surface area contributed by atoms with Crippen LogP contribution in [0.4, 0.5) is 0 Å². The number of carbonyl (C=O) groups is 1. The Morgan fingerprint density at radius 3 is 2.15 bits per heavy atom. The zero-order valence-electron chi connectivity index (χ0n) is 9.29. The minimum absolute atomic E-state index is 0.152. The number of likely N-dealkylation sites (N-methyl/N-ethyl adjacent to an activating group) is 1. The normalized spacial score (nSPS) is 14.6. The summed E-state index contributed by atoms with van der Waals surface area (Å²) in [7, 11) is 0. The molecule has 0 spiro atoms. The number of rotatable bonds is 4. The highest BCUT2D eigenvalue weighted by molar-refractivity contribution is 5.72. The predicted octanol–water partition coefficient (Wildman–Crippen LogP) is 1.83. The fourth-order valence-corrected chi connectivity index (χ4v) is 1.29. The van der Waals surface area contributed by atoms with Crippen molar-refractivity contribution in [2.75, 3.05) is 13.1 Å². The molecule has 0 aliphatic carbocycles. The molecular weight excluding hydrogens is 166 g/mol. The molecule has 0 fully saturated rings. The van der Waals surface area contributed by atoms with E-state index >= 15 is 0 Å². The lowest BCUT2D eigenvalue weighted by molar-refractivity contribution is -0.143. The molecule has 0 aliphatic rings. The highest BCUT2D eigenvalue weighted by Crippen LogP contribution is 2.16. The summed E-state index contributed by atoms with van der Waals surface area (Å²) in [6, 6.07) is -0.385. The zero-order chi connectivity index (χ0) is 10.6. The number of nitrogens with zero attached hydrogens (tertiary/aromatic N) is 1. The lowest BCUT2D eigenvalue weighted by Crippen LogP contribution is -2.43. The monoisotopic (exact) mass is 187 g/mol. The number of carboxylic acids is 1. The minimum atomic E-state index is -0.744. The molecule has 3 heteroatoms. The van der Waals surface area contributed by atoms with Crippen LogP contribution in [0.3, 0.4) is 0 Å². The Hall–Kier alpha value is -0.570. The van der Waals surface area contributed by atoms with E-state index in [0.29, 0.717) is 0 Å². The van der Waals surface area contributed by atoms with Crippen LogP contribution in [-0.2, 0) is 4.79 Å². The summed E-state index contributed by atoms with van der Waals surface area (Å²) in [5.41, 5.74) is 0.152. The first-order valence-electron chi connectivity index (χ1n) is 4.75. The Labute approximate surface area is 80.7 Å². The van der Waals surface area contributed by atoms with Crippen LogP contribution >= 0.6 is 0 Å². The quantitative estimate of drug-likeness (QED) is 0.730. The molecule has 0 unspecified atom stereocenters. The van der Waals surface area contributed by atoms with Gasteiger partial charge in [-0.25, -0.2) is 0 Å². The number of hydrogen-bond donors (Lipinski definition) is 1. The van der Waals surface area contributed by atoms with Crippen LogP contribution < -0.4 is 0 Å². The average Bonchev–Trinajstić information content (AvgIpc) is 1.97. The van der Waals surface area contributed by atoms with Crippen LogP contribution in [0, 0.1) is 5.41 Å². The smallest absolute Gasteiger partial charge is 0.320 e. The van der Waals surface area contributed by atoms with Gasteiger partial charge in [-0.05, 0) is 18.9 Å². The van der Waals surface area contributed by atoms with Crippen molar-refractivity contribution in [3.05, 3.63) is 0 Å². The molecule has 0 saturated heterocycles. The third-order valence-electron chi connectivity index (χ3n) is 1.99. The second-order valence-electron chi connectivity index (χ2n) is 4.64. The molecule has 0 saturated carbocycles. The summed E-state index contributed by atoms with van der Waals surface area (Å²) in [6.07, 6.45) is 0. The lowest BCUT2D eigenvalue weighted by Gasteiger charge is -2.31. The van der Waals surface area contributed by atoms with Gasteiger partial charge >= 0.3 is 5.97 Å². The summed E-state index contributed by atoms with van der Waals surface area (Å²) < 4.78 is 0. The van der Waals surface area contributed by atoms with Gasteiger partial charge in [0.2, 0.25) is 0 Å². The number of hydrogen-bond acceptors (Lipinski definition) is 2. The SMILES string of the molecule is CCN(CC(C)(C)C)[C@@H](C)C(=O)O. The number of aliphatic carboxylic acids is 1. The Bertz CT molecular complexity index is 172. The Morgan fingerprint density at radius 2 is 1.92 bits per heavy atom. The molecule has 0 radical (unpaired) electrons. The Morgan fingerprint density at radius 1 is 1.46 bits per heavy atom. The van der Waals surface area contributed by atoms with E-state index in [1.54, 1.807) is 6.92 Å². The van der Waals surface area contributed by atoms with E-state index in [9.17, 15) is 4.79 Å². The molecule has 3 nitrogen and oxygen atoms in total. The molecule has 78 valence electrons. The molecule has 0 heterocycles. The molecule has 0 amide bonds. The summed E-state index contributed by atoms with van der Waals surface area (Å²) >= 11 is 0. The van der Waals surface area contributed by atoms with E-state index in [1.807, 2.05) is 11.8 Å². The van der Waals surface area contributed by atoms with Crippen molar-refractivity contribution in [3.8, 4) is 0 Å². The second kappa shape index (κ2) is 4.61. The van der Waals surface area contributed by atoms with E-state index in [1.165, 1.54) is 0 Å². The molecule has 0 rings (SSSR count). The van der Waals surface area contributed by atoms with Gasteiger partial charge in [0.1, 0.15) is 6.04 Å². The average molecular weight is 187 g/mol. The highest BCUT2D eigenvalue weighted by atomic mass is 16.4. The molecule has 1 N–H and O–H groups in total. The third-order valence-corrected chi connectivity index (χ3v) is 1.99. The molecule has 0 aliphatic heterocycles. The molecule has 0 aromatic carbocycles. The zero-order valence-corrected chi connectivity index (χ0v) is 9.29. The van der Waals surface area contributed by atoms with Crippen molar-refractivity contribution >= 4 is 5.97 Å². The van der Waals surface area contributed by atoms with Gasteiger partial charge in [0.05, 0.1) is 0 Å². The van der Waals surface area contributed by atoms with E-state index in [-0.39, 0.29) is 11.5 Å². The van der Waals surface area contributed by atoms with Crippen molar-refractivity contribution in [2.24, 2.45) is 5.41 Å². The van der Waals surface area contributed by atoms with Crippen molar-refractivity contribution in [1.29, 1.82) is 0 Å². The van der Waals surface area contributed by atoms with Crippen LogP contribution in [0.2, 0.25) is 0 Å². The van der Waals surface area contributed by atoms with Crippen LogP contribution in [0.5, 0.6) is 0 Å². The molecule has 0 aromatic heterocycles. The molecular formula is C10H21NO2. The fraction of sp³-hybridized carbons (Fsp3) is 0.900. The van der Waals surface area contributed by atoms with E-state index in [4.69, 9.17) is 5.11 Å². The molecule has 0 bridgehead atoms. The predicted molar refractivity (Wildman–Crippen MR) is 53.8 cm³/mol. The second-order valence-corrected chi connectivity index (χ2v) is 4.64. The first kappa shape index (κ1) is 12.4. The largest absolute Gasteiger partial charge is 0.480 e. The van der Waals surface area contributed by atoms with Crippen LogP contribution in [0.15, 0.2) is 0 Å². The van der Waals surface area contributed by atoms with Crippen molar-refractivity contribution in [3.63, 3.8) is 0 Å². The first-order chi connectivity index (χ1) is 5.78. The van der Waals surface area contributed by atoms with Crippen LogP contribution in [0.1, 0.15) is 34.6 Å². The molecule has 0 aromatic rings. The Kier molecular flexibility index (Phi) is 4.40. The maximum absolute atomic E-state index is 10.7. The van der Waals surface area contributed by atoms with Crippen LogP contribution in [-0.4, -0.2) is 35.1 Å². The van der Waals surface area contributed by atoms with Gasteiger partial charge in [-0.1, -0.05) is 27.7 Å². The maximum Gasteiger partial charge on any atom is 0.320 e. The highest BCUT2D eigenvalue weighted by Gasteiger charge is 2.23. The number of carboxylic acid groups (broad SMARTS) is 1. The van der Waals surface area contributed by atoms with Gasteiger partial charge in [-0.3, -0.25) is 9.69 Å². The standard InChI is InChI=1S/C10H21NO2/c1-6-11(7-10(3,4)5)8(2)9(12)13/h8H,6-7H2,1-5H3,(H,12,13)/t8-/m0/s1. The summed E-state index contributed by atoms with van der Waals surface area (Å²) in [4.78, 5) is 12.7. The van der Waals surface area contributed by atoms with E-state index < -0.39 is 5.97 Å². The molecule has 1 atom stereocenters. The maximum atomic E-state index is 10.7. The van der Waals surface area contributed by atoms with Gasteiger partial charge in [-0.15, -0.1) is 0 Å². The summed E-state index contributed by atoms with van der Waals surface area (Å²) in [6.45, 7) is 11.7. The van der Waals surface area contributed by atoms with Crippen molar-refractivity contribution in [1.82, 2.24) is 4.90 Å². The van der Waals surface area contributed by atoms with Gasteiger partial charge < -0.3 is 5.11 Å². The summed E-state index contributed by atoms with van der Waals surface area (Å²) in [5.74, 6) is -0.744. The van der Waals surface area contributed by atoms with E-state index in [0.717, 1.165) is 13.1 Å². The first-order valence-corrected chi connectivity index (χ1v) is 4.75. The van der Waals surface area contributed by atoms with Gasteiger partial charge in [0.15, 0.2) is 0 Å². The molecule has 13 heavy (non-hydrogen) atoms.